The van der Waals surface area contributed by atoms with Crippen molar-refractivity contribution >= 4 is 15.9 Å². The molecule has 1 atom stereocenters. The van der Waals surface area contributed by atoms with E-state index in [1.165, 1.54) is 18.4 Å². The summed E-state index contributed by atoms with van der Waals surface area (Å²) in [5, 5.41) is 0.873. The van der Waals surface area contributed by atoms with Crippen LogP contribution in [0.1, 0.15) is 19.3 Å². The van der Waals surface area contributed by atoms with Crippen LogP contribution in [0.15, 0.2) is 12.2 Å². The van der Waals surface area contributed by atoms with Crippen LogP contribution >= 0.6 is 15.9 Å². The molecule has 0 spiro atoms. The van der Waals surface area contributed by atoms with E-state index in [9.17, 15) is 0 Å². The van der Waals surface area contributed by atoms with E-state index in [1.54, 1.807) is 0 Å². The summed E-state index contributed by atoms with van der Waals surface area (Å²) < 4.78 is 5.50. The SMILES string of the molecule is C=C(CBr)C1CCCCO1. The second kappa shape index (κ2) is 4.14. The first kappa shape index (κ1) is 8.28. The average molecular weight is 205 g/mol. The summed E-state index contributed by atoms with van der Waals surface area (Å²) in [5.74, 6) is 0. The van der Waals surface area contributed by atoms with Crippen LogP contribution in [0.3, 0.4) is 0 Å². The van der Waals surface area contributed by atoms with Crippen LogP contribution < -0.4 is 0 Å². The zero-order valence-electron chi connectivity index (χ0n) is 6.11. The van der Waals surface area contributed by atoms with Gasteiger partial charge in [0.2, 0.25) is 0 Å². The number of hydrogen-bond donors (Lipinski definition) is 0. The summed E-state index contributed by atoms with van der Waals surface area (Å²) >= 11 is 3.37. The molecule has 0 aromatic carbocycles. The Morgan fingerprint density at radius 2 is 2.40 bits per heavy atom. The van der Waals surface area contributed by atoms with Gasteiger partial charge in [-0.1, -0.05) is 22.5 Å². The largest absolute Gasteiger partial charge is 0.374 e. The fourth-order valence-corrected chi connectivity index (χ4v) is 1.51. The van der Waals surface area contributed by atoms with E-state index in [4.69, 9.17) is 4.74 Å². The molecule has 10 heavy (non-hydrogen) atoms. The van der Waals surface area contributed by atoms with Gasteiger partial charge in [0.15, 0.2) is 0 Å². The highest BCUT2D eigenvalue weighted by molar-refractivity contribution is 9.09. The molecular weight excluding hydrogens is 192 g/mol. The van der Waals surface area contributed by atoms with Crippen molar-refractivity contribution in [3.8, 4) is 0 Å². The van der Waals surface area contributed by atoms with Gasteiger partial charge in [0.05, 0.1) is 6.10 Å². The molecule has 0 saturated carbocycles. The lowest BCUT2D eigenvalue weighted by Gasteiger charge is -2.23. The predicted molar refractivity (Wildman–Crippen MR) is 46.5 cm³/mol. The maximum atomic E-state index is 5.50. The van der Waals surface area contributed by atoms with Crippen molar-refractivity contribution in [1.29, 1.82) is 0 Å². The van der Waals surface area contributed by atoms with Crippen molar-refractivity contribution in [2.45, 2.75) is 25.4 Å². The second-order valence-corrected chi connectivity index (χ2v) is 3.21. The van der Waals surface area contributed by atoms with Crippen molar-refractivity contribution in [1.82, 2.24) is 0 Å². The minimum absolute atomic E-state index is 0.327. The molecule has 0 aromatic heterocycles. The van der Waals surface area contributed by atoms with Crippen LogP contribution in [0.4, 0.5) is 0 Å². The molecule has 1 aliphatic heterocycles. The molecule has 1 fully saturated rings. The van der Waals surface area contributed by atoms with Crippen LogP contribution in [-0.2, 0) is 4.74 Å². The maximum absolute atomic E-state index is 5.50. The van der Waals surface area contributed by atoms with Crippen molar-refractivity contribution in [3.05, 3.63) is 12.2 Å². The molecule has 0 N–H and O–H groups in total. The number of halogens is 1. The summed E-state index contributed by atoms with van der Waals surface area (Å²) in [6, 6.07) is 0. The highest BCUT2D eigenvalue weighted by Crippen LogP contribution is 2.19. The monoisotopic (exact) mass is 204 g/mol. The van der Waals surface area contributed by atoms with E-state index < -0.39 is 0 Å². The van der Waals surface area contributed by atoms with E-state index in [0.29, 0.717) is 6.10 Å². The maximum Gasteiger partial charge on any atom is 0.0790 e. The van der Waals surface area contributed by atoms with Gasteiger partial charge in [-0.3, -0.25) is 0 Å². The van der Waals surface area contributed by atoms with Gasteiger partial charge in [0.25, 0.3) is 0 Å². The van der Waals surface area contributed by atoms with Crippen LogP contribution in [0.25, 0.3) is 0 Å². The fourth-order valence-electron chi connectivity index (χ4n) is 1.15. The summed E-state index contributed by atoms with van der Waals surface area (Å²) in [7, 11) is 0. The van der Waals surface area contributed by atoms with Crippen LogP contribution in [0, 0.1) is 0 Å². The Morgan fingerprint density at radius 3 is 2.90 bits per heavy atom. The summed E-state index contributed by atoms with van der Waals surface area (Å²) in [4.78, 5) is 0. The lowest BCUT2D eigenvalue weighted by molar-refractivity contribution is 0.0401. The number of alkyl halides is 1. The molecule has 1 heterocycles. The van der Waals surface area contributed by atoms with Crippen molar-refractivity contribution < 1.29 is 4.74 Å². The molecule has 1 rings (SSSR count). The van der Waals surface area contributed by atoms with E-state index in [1.807, 2.05) is 0 Å². The third-order valence-electron chi connectivity index (χ3n) is 1.81. The van der Waals surface area contributed by atoms with Crippen molar-refractivity contribution in [3.63, 3.8) is 0 Å². The van der Waals surface area contributed by atoms with Crippen LogP contribution in [-0.4, -0.2) is 18.0 Å². The highest BCUT2D eigenvalue weighted by Gasteiger charge is 2.15. The van der Waals surface area contributed by atoms with E-state index in [-0.39, 0.29) is 0 Å². The molecule has 2 heteroatoms. The molecule has 0 amide bonds. The smallest absolute Gasteiger partial charge is 0.0790 e. The summed E-state index contributed by atoms with van der Waals surface area (Å²) in [6.07, 6.45) is 3.99. The minimum Gasteiger partial charge on any atom is -0.374 e. The second-order valence-electron chi connectivity index (χ2n) is 2.65. The van der Waals surface area contributed by atoms with Gasteiger partial charge in [0.1, 0.15) is 0 Å². The first-order chi connectivity index (χ1) is 4.84. The molecule has 0 bridgehead atoms. The third kappa shape index (κ3) is 2.10. The molecule has 1 unspecified atom stereocenters. The molecule has 1 aliphatic rings. The van der Waals surface area contributed by atoms with Gasteiger partial charge < -0.3 is 4.74 Å². The normalized spacial score (nSPS) is 26.3. The predicted octanol–water partition coefficient (Wildman–Crippen LogP) is 2.51. The zero-order valence-corrected chi connectivity index (χ0v) is 7.69. The Bertz CT molecular complexity index is 116. The topological polar surface area (TPSA) is 9.23 Å². The van der Waals surface area contributed by atoms with Gasteiger partial charge in [-0.2, -0.15) is 0 Å². The van der Waals surface area contributed by atoms with Gasteiger partial charge in [0, 0.05) is 11.9 Å². The standard InChI is InChI=1S/C8H13BrO/c1-7(6-9)8-4-2-3-5-10-8/h8H,1-6H2. The Hall–Kier alpha value is 0.180. The number of rotatable bonds is 2. The van der Waals surface area contributed by atoms with Gasteiger partial charge in [-0.25, -0.2) is 0 Å². The lowest BCUT2D eigenvalue weighted by Crippen LogP contribution is -2.21. The fraction of sp³-hybridized carbons (Fsp3) is 0.750. The Kier molecular flexibility index (Phi) is 3.43. The van der Waals surface area contributed by atoms with Crippen LogP contribution in [0.5, 0.6) is 0 Å². The number of hydrogen-bond acceptors (Lipinski definition) is 1. The molecular formula is C8H13BrO. The lowest BCUT2D eigenvalue weighted by atomic mass is 10.0. The Labute approximate surface area is 70.6 Å². The first-order valence-corrected chi connectivity index (χ1v) is 4.82. The van der Waals surface area contributed by atoms with E-state index in [2.05, 4.69) is 22.5 Å². The minimum atomic E-state index is 0.327. The third-order valence-corrected chi connectivity index (χ3v) is 2.53. The van der Waals surface area contributed by atoms with Gasteiger partial charge in [-0.15, -0.1) is 0 Å². The first-order valence-electron chi connectivity index (χ1n) is 3.70. The van der Waals surface area contributed by atoms with Gasteiger partial charge >= 0.3 is 0 Å². The van der Waals surface area contributed by atoms with Crippen molar-refractivity contribution in [2.24, 2.45) is 0 Å². The molecule has 1 nitrogen and oxygen atoms in total. The van der Waals surface area contributed by atoms with Crippen LogP contribution in [0.2, 0.25) is 0 Å². The van der Waals surface area contributed by atoms with E-state index in [0.717, 1.165) is 18.4 Å². The molecule has 1 saturated heterocycles. The molecule has 0 radical (unpaired) electrons. The zero-order chi connectivity index (χ0) is 7.40. The Morgan fingerprint density at radius 1 is 1.60 bits per heavy atom. The average Bonchev–Trinajstić information content (AvgIpc) is 2.05. The number of ether oxygens (including phenoxy) is 1. The summed E-state index contributed by atoms with van der Waals surface area (Å²) in [6.45, 7) is 4.84. The summed E-state index contributed by atoms with van der Waals surface area (Å²) in [5.41, 5.74) is 1.18. The Balaban J connectivity index is 2.31. The van der Waals surface area contributed by atoms with Crippen molar-refractivity contribution in [2.75, 3.05) is 11.9 Å². The molecule has 0 aromatic rings. The molecule has 0 aliphatic carbocycles. The van der Waals surface area contributed by atoms with E-state index >= 15 is 0 Å². The highest BCUT2D eigenvalue weighted by atomic mass is 79.9. The quantitative estimate of drug-likeness (QED) is 0.497. The molecule has 58 valence electrons. The van der Waals surface area contributed by atoms with Gasteiger partial charge in [-0.05, 0) is 24.8 Å².